The fourth-order valence-corrected chi connectivity index (χ4v) is 0.895. The van der Waals surface area contributed by atoms with E-state index in [4.69, 9.17) is 0 Å². The van der Waals surface area contributed by atoms with Gasteiger partial charge in [-0.3, -0.25) is 4.90 Å². The van der Waals surface area contributed by atoms with Crippen molar-refractivity contribution < 1.29 is 9.90 Å². The summed E-state index contributed by atoms with van der Waals surface area (Å²) in [5.41, 5.74) is 0. The monoisotopic (exact) mass is 168 g/mol. The van der Waals surface area contributed by atoms with Crippen molar-refractivity contribution in [2.24, 2.45) is 0 Å². The van der Waals surface area contributed by atoms with E-state index in [1.54, 1.807) is 38.5 Å². The average Bonchev–Trinajstić information content (AvgIpc) is 2.04. The zero-order valence-electron chi connectivity index (χ0n) is 7.14. The molecule has 1 aliphatic rings. The molecule has 1 N–H and O–H groups in total. The molecule has 66 valence electrons. The van der Waals surface area contributed by atoms with Gasteiger partial charge in [0.2, 0.25) is 0 Å². The van der Waals surface area contributed by atoms with Gasteiger partial charge in [-0.05, 0) is 12.2 Å². The highest BCUT2D eigenvalue weighted by atomic mass is 16.3. The largest absolute Gasteiger partial charge is 0.369 e. The van der Waals surface area contributed by atoms with Gasteiger partial charge in [0.05, 0.1) is 0 Å². The summed E-state index contributed by atoms with van der Waals surface area (Å²) in [5.74, 6) is 0. The van der Waals surface area contributed by atoms with Gasteiger partial charge >= 0.3 is 6.03 Å². The van der Waals surface area contributed by atoms with Crippen LogP contribution >= 0.6 is 0 Å². The highest BCUT2D eigenvalue weighted by molar-refractivity contribution is 5.75. The number of hydrogen-bond acceptors (Lipinski definition) is 2. The van der Waals surface area contributed by atoms with E-state index in [2.05, 4.69) is 0 Å². The molecular formula is C8H12N2O2. The number of rotatable bonds is 0. The van der Waals surface area contributed by atoms with E-state index in [0.717, 1.165) is 0 Å². The van der Waals surface area contributed by atoms with Crippen LogP contribution in [0.15, 0.2) is 24.4 Å². The normalized spacial score (nSPS) is 21.2. The van der Waals surface area contributed by atoms with E-state index in [9.17, 15) is 9.90 Å². The Bertz CT molecular complexity index is 233. The number of carbonyl (C=O) groups is 1. The van der Waals surface area contributed by atoms with Crippen LogP contribution < -0.4 is 0 Å². The molecule has 0 aromatic heterocycles. The molecule has 0 bridgehead atoms. The van der Waals surface area contributed by atoms with Crippen molar-refractivity contribution in [1.82, 2.24) is 9.80 Å². The fraction of sp³-hybridized carbons (Fsp3) is 0.375. The van der Waals surface area contributed by atoms with Gasteiger partial charge in [0.25, 0.3) is 0 Å². The number of aliphatic hydroxyl groups is 1. The number of nitrogens with zero attached hydrogens (tertiary/aromatic N) is 2. The van der Waals surface area contributed by atoms with Crippen LogP contribution in [-0.4, -0.2) is 41.3 Å². The Morgan fingerprint density at radius 1 is 1.50 bits per heavy atom. The van der Waals surface area contributed by atoms with Crippen molar-refractivity contribution in [1.29, 1.82) is 0 Å². The maximum atomic E-state index is 11.3. The summed E-state index contributed by atoms with van der Waals surface area (Å²) in [7, 11) is 3.28. The minimum atomic E-state index is -0.843. The maximum absolute atomic E-state index is 11.3. The molecule has 0 aromatic carbocycles. The van der Waals surface area contributed by atoms with Crippen LogP contribution in [0.2, 0.25) is 0 Å². The third kappa shape index (κ3) is 1.65. The predicted molar refractivity (Wildman–Crippen MR) is 45.2 cm³/mol. The maximum Gasteiger partial charge on any atom is 0.325 e. The van der Waals surface area contributed by atoms with Crippen molar-refractivity contribution >= 4 is 6.03 Å². The lowest BCUT2D eigenvalue weighted by atomic mass is 10.3. The quantitative estimate of drug-likeness (QED) is 0.568. The van der Waals surface area contributed by atoms with Gasteiger partial charge in [-0.1, -0.05) is 6.08 Å². The van der Waals surface area contributed by atoms with Crippen molar-refractivity contribution in [2.75, 3.05) is 14.1 Å². The zero-order valence-corrected chi connectivity index (χ0v) is 7.14. The highest BCUT2D eigenvalue weighted by Gasteiger charge is 2.19. The smallest absolute Gasteiger partial charge is 0.325 e. The summed E-state index contributed by atoms with van der Waals surface area (Å²) < 4.78 is 0. The molecule has 0 aliphatic carbocycles. The fourth-order valence-electron chi connectivity index (χ4n) is 0.895. The van der Waals surface area contributed by atoms with E-state index in [1.807, 2.05) is 0 Å². The SMILES string of the molecule is CN(C)C(=O)N1C=CC=CC1O. The Morgan fingerprint density at radius 3 is 2.67 bits per heavy atom. The van der Waals surface area contributed by atoms with Crippen molar-refractivity contribution in [3.8, 4) is 0 Å². The van der Waals surface area contributed by atoms with E-state index in [-0.39, 0.29) is 6.03 Å². The number of amides is 2. The molecule has 1 unspecified atom stereocenters. The lowest BCUT2D eigenvalue weighted by Gasteiger charge is -2.26. The Kier molecular flexibility index (Phi) is 2.50. The second-order valence-electron chi connectivity index (χ2n) is 2.72. The molecule has 2 amide bonds. The van der Waals surface area contributed by atoms with Crippen LogP contribution in [-0.2, 0) is 0 Å². The second kappa shape index (κ2) is 3.40. The predicted octanol–water partition coefficient (Wildman–Crippen LogP) is 0.372. The van der Waals surface area contributed by atoms with Gasteiger partial charge < -0.3 is 10.0 Å². The number of allylic oxidation sites excluding steroid dienone is 2. The van der Waals surface area contributed by atoms with E-state index < -0.39 is 6.23 Å². The Labute approximate surface area is 71.4 Å². The zero-order chi connectivity index (χ0) is 9.14. The Balaban J connectivity index is 2.69. The molecule has 0 spiro atoms. The molecule has 0 saturated heterocycles. The van der Waals surface area contributed by atoms with Crippen LogP contribution in [0.3, 0.4) is 0 Å². The molecule has 0 aromatic rings. The summed E-state index contributed by atoms with van der Waals surface area (Å²) >= 11 is 0. The van der Waals surface area contributed by atoms with Crippen molar-refractivity contribution in [3.05, 3.63) is 24.4 Å². The van der Waals surface area contributed by atoms with Crippen LogP contribution in [0, 0.1) is 0 Å². The first-order valence-corrected chi connectivity index (χ1v) is 3.65. The number of carbonyl (C=O) groups excluding carboxylic acids is 1. The molecular weight excluding hydrogens is 156 g/mol. The van der Waals surface area contributed by atoms with Crippen LogP contribution in [0.5, 0.6) is 0 Å². The molecule has 12 heavy (non-hydrogen) atoms. The number of urea groups is 1. The third-order valence-electron chi connectivity index (χ3n) is 1.53. The number of aliphatic hydroxyl groups excluding tert-OH is 1. The molecule has 0 saturated carbocycles. The van der Waals surface area contributed by atoms with Crippen LogP contribution in [0.1, 0.15) is 0 Å². The van der Waals surface area contributed by atoms with Gasteiger partial charge in [-0.2, -0.15) is 0 Å². The Morgan fingerprint density at radius 2 is 2.17 bits per heavy atom. The molecule has 0 radical (unpaired) electrons. The lowest BCUT2D eigenvalue weighted by molar-refractivity contribution is 0.0840. The minimum absolute atomic E-state index is 0.233. The van der Waals surface area contributed by atoms with Gasteiger partial charge in [-0.15, -0.1) is 0 Å². The molecule has 1 rings (SSSR count). The van der Waals surface area contributed by atoms with Gasteiger partial charge in [-0.25, -0.2) is 4.79 Å². The molecule has 4 heteroatoms. The summed E-state index contributed by atoms with van der Waals surface area (Å²) in [6.07, 6.45) is 5.65. The van der Waals surface area contributed by atoms with Crippen molar-refractivity contribution in [2.45, 2.75) is 6.23 Å². The lowest BCUT2D eigenvalue weighted by Crippen LogP contribution is -2.42. The molecule has 1 heterocycles. The number of hydrogen-bond donors (Lipinski definition) is 1. The summed E-state index contributed by atoms with van der Waals surface area (Å²) in [6.45, 7) is 0. The first-order chi connectivity index (χ1) is 5.63. The van der Waals surface area contributed by atoms with Crippen molar-refractivity contribution in [3.63, 3.8) is 0 Å². The molecule has 4 nitrogen and oxygen atoms in total. The van der Waals surface area contributed by atoms with E-state index in [1.165, 1.54) is 9.80 Å². The first kappa shape index (κ1) is 8.80. The summed E-state index contributed by atoms with van der Waals surface area (Å²) in [5, 5.41) is 9.33. The van der Waals surface area contributed by atoms with Gasteiger partial charge in [0.15, 0.2) is 6.23 Å². The van der Waals surface area contributed by atoms with E-state index >= 15 is 0 Å². The van der Waals surface area contributed by atoms with Gasteiger partial charge in [0, 0.05) is 20.3 Å². The highest BCUT2D eigenvalue weighted by Crippen LogP contribution is 2.07. The third-order valence-corrected chi connectivity index (χ3v) is 1.53. The first-order valence-electron chi connectivity index (χ1n) is 3.65. The van der Waals surface area contributed by atoms with E-state index in [0.29, 0.717) is 0 Å². The minimum Gasteiger partial charge on any atom is -0.369 e. The summed E-state index contributed by atoms with van der Waals surface area (Å²) in [4.78, 5) is 14.0. The molecule has 0 fully saturated rings. The average molecular weight is 168 g/mol. The topological polar surface area (TPSA) is 43.8 Å². The van der Waals surface area contributed by atoms with Crippen LogP contribution in [0.25, 0.3) is 0 Å². The molecule has 1 atom stereocenters. The molecule has 1 aliphatic heterocycles. The van der Waals surface area contributed by atoms with Crippen LogP contribution in [0.4, 0.5) is 4.79 Å². The second-order valence-corrected chi connectivity index (χ2v) is 2.72. The summed E-state index contributed by atoms with van der Waals surface area (Å²) in [6, 6.07) is -0.233. The Hall–Kier alpha value is -1.29. The standard InChI is InChI=1S/C8H12N2O2/c1-9(2)8(12)10-6-4-3-5-7(10)11/h3-7,11H,1-2H3. The van der Waals surface area contributed by atoms with Gasteiger partial charge in [0.1, 0.15) is 0 Å².